The first-order valence-electron chi connectivity index (χ1n) is 18.2. The summed E-state index contributed by atoms with van der Waals surface area (Å²) in [6.45, 7) is 26.2. The van der Waals surface area contributed by atoms with Gasteiger partial charge >= 0.3 is 0 Å². The fourth-order valence-corrected chi connectivity index (χ4v) is 11.2. The maximum absolute atomic E-state index is 12.5. The van der Waals surface area contributed by atoms with E-state index in [1.54, 1.807) is 0 Å². The summed E-state index contributed by atoms with van der Waals surface area (Å²) in [7, 11) is -2.02. The molecule has 5 aromatic rings. The zero-order valence-electron chi connectivity index (χ0n) is 32.3. The van der Waals surface area contributed by atoms with Crippen molar-refractivity contribution < 1.29 is 30.0 Å². The van der Waals surface area contributed by atoms with Gasteiger partial charge in [-0.1, -0.05) is 130 Å². The SMILES string of the molecule is CC(C)Cc1cccc2c1sc1c(-c3[c-]c4ccccc4c(C(C)(C)C)c3)nccc12.CCC(CC)/C(O)=C/C(=O)[Si](C)(C(C)C)C(C)C.[Ir]. The maximum Gasteiger partial charge on any atom is 0.140 e. The Hall–Kier alpha value is -2.63. The van der Waals surface area contributed by atoms with Crippen LogP contribution >= 0.6 is 11.3 Å². The fraction of sp³-hybridized carbons (Fsp3) is 0.455. The molecule has 0 saturated heterocycles. The van der Waals surface area contributed by atoms with Crippen LogP contribution in [0, 0.1) is 17.9 Å². The Morgan fingerprint density at radius 1 is 0.900 bits per heavy atom. The molecule has 0 unspecified atom stereocenters. The second kappa shape index (κ2) is 17.3. The van der Waals surface area contributed by atoms with Crippen molar-refractivity contribution in [1.82, 2.24) is 4.98 Å². The number of aromatic nitrogens is 1. The van der Waals surface area contributed by atoms with Crippen LogP contribution < -0.4 is 0 Å². The summed E-state index contributed by atoms with van der Waals surface area (Å²) >= 11 is 1.89. The van der Waals surface area contributed by atoms with Gasteiger partial charge in [0.15, 0.2) is 0 Å². The molecular formula is C44H58IrNO2SSi-. The van der Waals surface area contributed by atoms with E-state index in [-0.39, 0.29) is 42.6 Å². The number of carbonyl (C=O) groups excluding carboxylic acids is 1. The van der Waals surface area contributed by atoms with E-state index in [0.717, 1.165) is 35.9 Å². The Morgan fingerprint density at radius 3 is 2.08 bits per heavy atom. The molecule has 0 fully saturated rings. The molecule has 0 amide bonds. The number of hydrogen-bond acceptors (Lipinski definition) is 4. The Morgan fingerprint density at radius 2 is 1.50 bits per heavy atom. The first-order chi connectivity index (χ1) is 23.0. The van der Waals surface area contributed by atoms with Crippen molar-refractivity contribution >= 4 is 55.8 Å². The first-order valence-corrected chi connectivity index (χ1v) is 21.7. The topological polar surface area (TPSA) is 50.2 Å². The molecule has 271 valence electrons. The van der Waals surface area contributed by atoms with Gasteiger partial charge in [0.2, 0.25) is 0 Å². The normalized spacial score (nSPS) is 12.7. The third-order valence-electron chi connectivity index (χ3n) is 10.6. The number of allylic oxidation sites excluding steroid dienone is 2. The Bertz CT molecular complexity index is 1940. The number of aliphatic hydroxyl groups excluding tert-OH is 1. The van der Waals surface area contributed by atoms with E-state index in [1.165, 1.54) is 42.8 Å². The van der Waals surface area contributed by atoms with Crippen molar-refractivity contribution in [2.75, 3.05) is 0 Å². The summed E-state index contributed by atoms with van der Waals surface area (Å²) in [6, 6.07) is 23.5. The summed E-state index contributed by atoms with van der Waals surface area (Å²) in [5, 5.41) is 15.3. The van der Waals surface area contributed by atoms with Crippen LogP contribution in [-0.4, -0.2) is 23.6 Å². The molecule has 0 aliphatic rings. The van der Waals surface area contributed by atoms with E-state index in [2.05, 4.69) is 130 Å². The molecule has 0 aliphatic heterocycles. The van der Waals surface area contributed by atoms with Crippen molar-refractivity contribution in [3.8, 4) is 11.3 Å². The molecule has 3 nitrogen and oxygen atoms in total. The minimum Gasteiger partial charge on any atom is -0.512 e. The number of rotatable bonds is 10. The summed E-state index contributed by atoms with van der Waals surface area (Å²) in [5.41, 5.74) is 5.76. The average molecular weight is 885 g/mol. The second-order valence-electron chi connectivity index (χ2n) is 16.0. The third kappa shape index (κ3) is 8.86. The van der Waals surface area contributed by atoms with Gasteiger partial charge in [0, 0.05) is 58.8 Å². The zero-order valence-corrected chi connectivity index (χ0v) is 36.5. The van der Waals surface area contributed by atoms with Crippen LogP contribution in [0.3, 0.4) is 0 Å². The van der Waals surface area contributed by atoms with Crippen molar-refractivity contribution in [2.45, 2.75) is 118 Å². The standard InChI is InChI=1S/C29H28NS.C15H30O2Si.Ir/c1-18(2)15-20-10-8-12-23-24-13-14-30-26(28(24)31-27(20)23)21-16-19-9-6-7-11-22(19)25(17-21)29(3,4)5;1-8-13(9-2)14(16)10-15(17)18(7,11(3)4)12(5)6;/h6-14,17-18H,15H2,1-5H3;10-13,16H,8-9H2,1-7H3;/q-1;;/b;14-10-;. The summed E-state index contributed by atoms with van der Waals surface area (Å²) in [6.07, 6.45) is 6.35. The minimum atomic E-state index is -2.02. The van der Waals surface area contributed by atoms with Crippen molar-refractivity contribution in [2.24, 2.45) is 11.8 Å². The van der Waals surface area contributed by atoms with Crippen LogP contribution in [0.15, 0.2) is 72.6 Å². The van der Waals surface area contributed by atoms with Gasteiger partial charge < -0.3 is 9.90 Å². The smallest absolute Gasteiger partial charge is 0.140 e. The number of benzene rings is 3. The zero-order chi connectivity index (χ0) is 36.3. The molecule has 0 saturated carbocycles. The molecule has 6 heteroatoms. The van der Waals surface area contributed by atoms with Gasteiger partial charge in [0.05, 0.1) is 5.76 Å². The average Bonchev–Trinajstić information content (AvgIpc) is 3.43. The van der Waals surface area contributed by atoms with E-state index in [0.29, 0.717) is 17.0 Å². The molecule has 1 N–H and O–H groups in total. The first kappa shape index (κ1) is 41.8. The molecule has 1 radical (unpaired) electrons. The van der Waals surface area contributed by atoms with E-state index < -0.39 is 8.07 Å². The number of pyridine rings is 1. The summed E-state index contributed by atoms with van der Waals surface area (Å²) in [5.74, 6) is 1.05. The van der Waals surface area contributed by atoms with E-state index in [1.807, 2.05) is 31.4 Å². The Labute approximate surface area is 320 Å². The van der Waals surface area contributed by atoms with Crippen LogP contribution in [0.5, 0.6) is 0 Å². The largest absolute Gasteiger partial charge is 0.512 e. The van der Waals surface area contributed by atoms with Gasteiger partial charge in [-0.3, -0.25) is 4.98 Å². The quantitative estimate of drug-likeness (QED) is 0.0658. The van der Waals surface area contributed by atoms with Gasteiger partial charge in [0.25, 0.3) is 0 Å². The van der Waals surface area contributed by atoms with Gasteiger partial charge in [-0.15, -0.1) is 40.5 Å². The predicted molar refractivity (Wildman–Crippen MR) is 218 cm³/mol. The minimum absolute atomic E-state index is 0. The van der Waals surface area contributed by atoms with Crippen LogP contribution in [-0.2, 0) is 36.7 Å². The van der Waals surface area contributed by atoms with Crippen molar-refractivity contribution in [3.05, 3.63) is 89.8 Å². The van der Waals surface area contributed by atoms with Crippen molar-refractivity contribution in [3.63, 3.8) is 0 Å². The number of nitrogens with zero attached hydrogens (tertiary/aromatic N) is 1. The molecule has 50 heavy (non-hydrogen) atoms. The summed E-state index contributed by atoms with van der Waals surface area (Å²) in [4.78, 5) is 17.4. The number of aliphatic hydroxyl groups is 1. The number of hydrogen-bond donors (Lipinski definition) is 1. The molecule has 5 rings (SSSR count). The molecule has 0 spiro atoms. The maximum atomic E-state index is 12.5. The van der Waals surface area contributed by atoms with E-state index >= 15 is 0 Å². The second-order valence-corrected chi connectivity index (χ2v) is 22.3. The van der Waals surface area contributed by atoms with E-state index in [4.69, 9.17) is 4.98 Å². The number of thiophene rings is 1. The van der Waals surface area contributed by atoms with Crippen LogP contribution in [0.2, 0.25) is 17.6 Å². The monoisotopic (exact) mass is 885 g/mol. The molecule has 0 aliphatic carbocycles. The predicted octanol–water partition coefficient (Wildman–Crippen LogP) is 13.4. The van der Waals surface area contributed by atoms with E-state index in [9.17, 15) is 9.90 Å². The number of fused-ring (bicyclic) bond motifs is 4. The van der Waals surface area contributed by atoms with Crippen LogP contribution in [0.25, 0.3) is 42.2 Å². The molecule has 2 heterocycles. The van der Waals surface area contributed by atoms with Gasteiger partial charge in [-0.2, -0.15) is 0 Å². The van der Waals surface area contributed by atoms with Gasteiger partial charge in [-0.05, 0) is 58.7 Å². The molecule has 2 aromatic heterocycles. The molecule has 0 bridgehead atoms. The number of carbonyl (C=O) groups is 1. The van der Waals surface area contributed by atoms with Gasteiger partial charge in [0.1, 0.15) is 13.5 Å². The van der Waals surface area contributed by atoms with Crippen LogP contribution in [0.4, 0.5) is 0 Å². The third-order valence-corrected chi connectivity index (χ3v) is 17.9. The molecule has 3 aromatic carbocycles. The Balaban J connectivity index is 0.000000309. The van der Waals surface area contributed by atoms with Crippen LogP contribution in [0.1, 0.15) is 100 Å². The molecular weight excluding hydrogens is 827 g/mol. The van der Waals surface area contributed by atoms with Gasteiger partial charge in [-0.25, -0.2) is 0 Å². The Kier molecular flexibility index (Phi) is 14.4. The molecule has 0 atom stereocenters. The fourth-order valence-electron chi connectivity index (χ4n) is 6.90. The van der Waals surface area contributed by atoms with Crippen molar-refractivity contribution in [1.29, 1.82) is 0 Å². The summed E-state index contributed by atoms with van der Waals surface area (Å²) < 4.78 is 2.66.